The summed E-state index contributed by atoms with van der Waals surface area (Å²) < 4.78 is 23.2. The summed E-state index contributed by atoms with van der Waals surface area (Å²) in [6.07, 6.45) is 0. The lowest BCUT2D eigenvalue weighted by Gasteiger charge is -2.34. The number of aromatic nitrogens is 1. The van der Waals surface area contributed by atoms with E-state index in [4.69, 9.17) is 0 Å². The predicted molar refractivity (Wildman–Crippen MR) is 77.2 cm³/mol. The molecule has 1 saturated heterocycles. The molecule has 106 valence electrons. The Morgan fingerprint density at radius 3 is 2.79 bits per heavy atom. The van der Waals surface area contributed by atoms with Crippen LogP contribution in [-0.2, 0) is 16.4 Å². The van der Waals surface area contributed by atoms with E-state index in [1.54, 1.807) is 0 Å². The molecule has 19 heavy (non-hydrogen) atoms. The van der Waals surface area contributed by atoms with E-state index in [1.807, 2.05) is 27.0 Å². The van der Waals surface area contributed by atoms with E-state index in [2.05, 4.69) is 21.3 Å². The zero-order valence-corrected chi connectivity index (χ0v) is 12.5. The van der Waals surface area contributed by atoms with E-state index in [9.17, 15) is 8.42 Å². The average molecular weight is 283 g/mol. The van der Waals surface area contributed by atoms with Crippen molar-refractivity contribution in [2.45, 2.75) is 26.4 Å². The van der Waals surface area contributed by atoms with Gasteiger partial charge in [0.2, 0.25) is 0 Å². The minimum absolute atomic E-state index is 0.0131. The van der Waals surface area contributed by atoms with Crippen molar-refractivity contribution in [2.24, 2.45) is 0 Å². The number of nitrogens with zero attached hydrogens (tertiary/aromatic N) is 2. The number of nitrogens with one attached hydrogen (secondary N) is 1. The number of hydrogen-bond acceptors (Lipinski definition) is 5. The fraction of sp³-hybridized carbons (Fsp3) is 0.615. The molecule has 5 nitrogen and oxygen atoms in total. The van der Waals surface area contributed by atoms with Gasteiger partial charge in [-0.2, -0.15) is 0 Å². The molecule has 0 amide bonds. The Kier molecular flexibility index (Phi) is 4.10. The second-order valence-corrected chi connectivity index (χ2v) is 7.33. The molecular weight excluding hydrogens is 262 g/mol. The van der Waals surface area contributed by atoms with Crippen molar-refractivity contribution in [2.75, 3.05) is 30.0 Å². The first-order valence-electron chi connectivity index (χ1n) is 6.51. The molecule has 1 aliphatic heterocycles. The van der Waals surface area contributed by atoms with Crippen LogP contribution in [0.25, 0.3) is 0 Å². The van der Waals surface area contributed by atoms with Crippen LogP contribution in [0.5, 0.6) is 0 Å². The summed E-state index contributed by atoms with van der Waals surface area (Å²) in [6.45, 7) is 5.25. The molecule has 2 rings (SSSR count). The average Bonchev–Trinajstić information content (AvgIpc) is 2.31. The largest absolute Gasteiger partial charge is 0.352 e. The Hall–Kier alpha value is -1.14. The fourth-order valence-corrected chi connectivity index (χ4v) is 4.01. The molecule has 1 aromatic rings. The summed E-state index contributed by atoms with van der Waals surface area (Å²) in [5.74, 6) is 1.31. The molecule has 0 radical (unpaired) electrons. The van der Waals surface area contributed by atoms with Crippen LogP contribution < -0.4 is 10.2 Å². The molecule has 0 spiro atoms. The van der Waals surface area contributed by atoms with Gasteiger partial charge in [-0.3, -0.25) is 0 Å². The monoisotopic (exact) mass is 283 g/mol. The van der Waals surface area contributed by atoms with Gasteiger partial charge in [0.15, 0.2) is 9.84 Å². The lowest BCUT2D eigenvalue weighted by Crippen LogP contribution is -2.47. The molecule has 6 heteroatoms. The van der Waals surface area contributed by atoms with Gasteiger partial charge in [-0.15, -0.1) is 0 Å². The van der Waals surface area contributed by atoms with E-state index in [-0.39, 0.29) is 17.5 Å². The Bertz CT molecular complexity index is 557. The fourth-order valence-electron chi connectivity index (χ4n) is 2.45. The maximum absolute atomic E-state index is 11.6. The lowest BCUT2D eigenvalue weighted by molar-refractivity contribution is 0.566. The molecule has 1 atom stereocenters. The molecule has 1 aromatic heterocycles. The maximum atomic E-state index is 11.6. The van der Waals surface area contributed by atoms with E-state index in [0.29, 0.717) is 6.54 Å². The van der Waals surface area contributed by atoms with E-state index < -0.39 is 9.84 Å². The van der Waals surface area contributed by atoms with Gasteiger partial charge in [0.1, 0.15) is 5.82 Å². The summed E-state index contributed by atoms with van der Waals surface area (Å²) in [5, 5.41) is 3.11. The van der Waals surface area contributed by atoms with E-state index in [0.717, 1.165) is 18.1 Å². The summed E-state index contributed by atoms with van der Waals surface area (Å²) in [5.41, 5.74) is 2.16. The summed E-state index contributed by atoms with van der Waals surface area (Å²) >= 11 is 0. The molecule has 0 bridgehead atoms. The van der Waals surface area contributed by atoms with Crippen LogP contribution >= 0.6 is 0 Å². The zero-order chi connectivity index (χ0) is 14.0. The first-order valence-corrected chi connectivity index (χ1v) is 8.33. The van der Waals surface area contributed by atoms with E-state index >= 15 is 0 Å². The van der Waals surface area contributed by atoms with Gasteiger partial charge >= 0.3 is 0 Å². The van der Waals surface area contributed by atoms with Crippen molar-refractivity contribution in [3.8, 4) is 0 Å². The SMILES string of the molecule is CNCc1ccc(N2CCS(=O)(=O)CC2C)nc1C. The van der Waals surface area contributed by atoms with Crippen LogP contribution in [0.3, 0.4) is 0 Å². The molecule has 1 fully saturated rings. The van der Waals surface area contributed by atoms with Gasteiger partial charge in [-0.05, 0) is 32.5 Å². The quantitative estimate of drug-likeness (QED) is 0.886. The third-order valence-corrected chi connectivity index (χ3v) is 5.31. The van der Waals surface area contributed by atoms with Crippen molar-refractivity contribution >= 4 is 15.7 Å². The second-order valence-electron chi connectivity index (χ2n) is 5.10. The van der Waals surface area contributed by atoms with Crippen LogP contribution in [0.2, 0.25) is 0 Å². The van der Waals surface area contributed by atoms with Crippen molar-refractivity contribution in [3.05, 3.63) is 23.4 Å². The van der Waals surface area contributed by atoms with Crippen molar-refractivity contribution < 1.29 is 8.42 Å². The minimum atomic E-state index is -2.88. The van der Waals surface area contributed by atoms with Crippen LogP contribution in [0.4, 0.5) is 5.82 Å². The summed E-state index contributed by atoms with van der Waals surface area (Å²) in [4.78, 5) is 6.69. The zero-order valence-electron chi connectivity index (χ0n) is 11.7. The molecule has 1 N–H and O–H groups in total. The molecular formula is C13H21N3O2S. The summed E-state index contributed by atoms with van der Waals surface area (Å²) in [7, 11) is -0.972. The standard InChI is InChI=1S/C13H21N3O2S/c1-10-9-19(17,18)7-6-16(10)13-5-4-12(8-14-3)11(2)15-13/h4-5,10,14H,6-9H2,1-3H3. The highest BCUT2D eigenvalue weighted by Gasteiger charge is 2.28. The molecule has 0 aliphatic carbocycles. The van der Waals surface area contributed by atoms with Crippen LogP contribution in [0.1, 0.15) is 18.2 Å². The minimum Gasteiger partial charge on any atom is -0.352 e. The maximum Gasteiger partial charge on any atom is 0.154 e. The van der Waals surface area contributed by atoms with Gasteiger partial charge < -0.3 is 10.2 Å². The Labute approximate surface area is 114 Å². The predicted octanol–water partition coefficient (Wildman–Crippen LogP) is 0.733. The number of anilines is 1. The van der Waals surface area contributed by atoms with Gasteiger partial charge in [0.05, 0.1) is 11.5 Å². The topological polar surface area (TPSA) is 62.3 Å². The number of hydrogen-bond donors (Lipinski definition) is 1. The molecule has 1 aliphatic rings. The second kappa shape index (κ2) is 5.46. The number of rotatable bonds is 3. The highest BCUT2D eigenvalue weighted by Crippen LogP contribution is 2.21. The molecule has 0 aromatic carbocycles. The first kappa shape index (κ1) is 14.3. The molecule has 2 heterocycles. The third-order valence-electron chi connectivity index (χ3n) is 3.51. The van der Waals surface area contributed by atoms with Gasteiger partial charge in [0.25, 0.3) is 0 Å². The third kappa shape index (κ3) is 3.25. The molecule has 0 saturated carbocycles. The Balaban J connectivity index is 2.21. The van der Waals surface area contributed by atoms with Gasteiger partial charge in [0, 0.05) is 24.8 Å². The van der Waals surface area contributed by atoms with E-state index in [1.165, 1.54) is 5.56 Å². The van der Waals surface area contributed by atoms with Crippen molar-refractivity contribution in [3.63, 3.8) is 0 Å². The normalized spacial score (nSPS) is 22.5. The smallest absolute Gasteiger partial charge is 0.154 e. The summed E-state index contributed by atoms with van der Waals surface area (Å²) in [6, 6.07) is 4.03. The van der Waals surface area contributed by atoms with Crippen molar-refractivity contribution in [1.29, 1.82) is 0 Å². The van der Waals surface area contributed by atoms with Crippen molar-refractivity contribution in [1.82, 2.24) is 10.3 Å². The number of sulfone groups is 1. The van der Waals surface area contributed by atoms with Gasteiger partial charge in [-0.25, -0.2) is 13.4 Å². The van der Waals surface area contributed by atoms with Crippen LogP contribution in [0, 0.1) is 6.92 Å². The van der Waals surface area contributed by atoms with Crippen LogP contribution in [0.15, 0.2) is 12.1 Å². The Morgan fingerprint density at radius 1 is 1.47 bits per heavy atom. The van der Waals surface area contributed by atoms with Gasteiger partial charge in [-0.1, -0.05) is 6.07 Å². The highest BCUT2D eigenvalue weighted by atomic mass is 32.2. The van der Waals surface area contributed by atoms with Crippen LogP contribution in [-0.4, -0.2) is 44.5 Å². The highest BCUT2D eigenvalue weighted by molar-refractivity contribution is 7.91. The number of pyridine rings is 1. The lowest BCUT2D eigenvalue weighted by atomic mass is 10.2. The number of aryl methyl sites for hydroxylation is 1. The first-order chi connectivity index (χ1) is 8.93. The molecule has 1 unspecified atom stereocenters. The Morgan fingerprint density at radius 2 is 2.21 bits per heavy atom.